The largest absolute Gasteiger partial charge is 0.497 e. The molecule has 1 atom stereocenters. The van der Waals surface area contributed by atoms with Crippen molar-refractivity contribution in [1.29, 1.82) is 0 Å². The fourth-order valence-electron chi connectivity index (χ4n) is 1.95. The highest BCUT2D eigenvalue weighted by Gasteiger charge is 2.20. The molecule has 0 heterocycles. The van der Waals surface area contributed by atoms with Crippen LogP contribution in [0.5, 0.6) is 5.75 Å². The Kier molecular flexibility index (Phi) is 3.99. The predicted molar refractivity (Wildman–Crippen MR) is 70.1 cm³/mol. The molecule has 0 aliphatic heterocycles. The van der Waals surface area contributed by atoms with E-state index in [1.165, 1.54) is 19.2 Å². The van der Waals surface area contributed by atoms with Crippen molar-refractivity contribution in [1.82, 2.24) is 0 Å². The Balaban J connectivity index is 2.47. The molecule has 0 radical (unpaired) electrons. The first kappa shape index (κ1) is 14.4. The lowest BCUT2D eigenvalue weighted by Gasteiger charge is -2.16. The normalized spacial score (nSPS) is 12.3. The summed E-state index contributed by atoms with van der Waals surface area (Å²) in [5.74, 6) is -2.05. The fraction of sp³-hybridized carbons (Fsp3) is 0.200. The summed E-state index contributed by atoms with van der Waals surface area (Å²) >= 11 is 0. The SMILES string of the molecule is COc1cc(F)c(C(N)c2ccc(C)c(F)c2)c(F)c1. The molecule has 2 nitrogen and oxygen atoms in total. The molecule has 0 saturated carbocycles. The first-order chi connectivity index (χ1) is 9.43. The Labute approximate surface area is 115 Å². The van der Waals surface area contributed by atoms with Gasteiger partial charge in [0.2, 0.25) is 0 Å². The van der Waals surface area contributed by atoms with Crippen LogP contribution in [0.25, 0.3) is 0 Å². The predicted octanol–water partition coefficient (Wildman–Crippen LogP) is 3.47. The number of methoxy groups -OCH3 is 1. The molecule has 0 spiro atoms. The molecule has 0 amide bonds. The average molecular weight is 281 g/mol. The third kappa shape index (κ3) is 2.63. The number of ether oxygens (including phenoxy) is 1. The van der Waals surface area contributed by atoms with Crippen molar-refractivity contribution in [2.75, 3.05) is 7.11 Å². The third-order valence-electron chi connectivity index (χ3n) is 3.15. The molecule has 2 aromatic rings. The van der Waals surface area contributed by atoms with Crippen molar-refractivity contribution in [3.05, 3.63) is 64.5 Å². The monoisotopic (exact) mass is 281 g/mol. The van der Waals surface area contributed by atoms with Crippen LogP contribution >= 0.6 is 0 Å². The second-order valence-electron chi connectivity index (χ2n) is 4.49. The molecule has 0 aliphatic carbocycles. The van der Waals surface area contributed by atoms with Gasteiger partial charge in [-0.1, -0.05) is 12.1 Å². The zero-order valence-corrected chi connectivity index (χ0v) is 11.1. The number of benzene rings is 2. The summed E-state index contributed by atoms with van der Waals surface area (Å²) in [6.07, 6.45) is 0. The minimum absolute atomic E-state index is 0.0611. The summed E-state index contributed by atoms with van der Waals surface area (Å²) in [6, 6.07) is 5.25. The Morgan fingerprint density at radius 3 is 2.10 bits per heavy atom. The van der Waals surface area contributed by atoms with Gasteiger partial charge in [0.15, 0.2) is 0 Å². The Hall–Kier alpha value is -2.01. The molecule has 0 aliphatic rings. The van der Waals surface area contributed by atoms with Gasteiger partial charge in [0.25, 0.3) is 0 Å². The van der Waals surface area contributed by atoms with E-state index < -0.39 is 23.5 Å². The van der Waals surface area contributed by atoms with Gasteiger partial charge in [0.1, 0.15) is 23.2 Å². The summed E-state index contributed by atoms with van der Waals surface area (Å²) in [7, 11) is 1.31. The molecule has 0 aromatic heterocycles. The van der Waals surface area contributed by atoms with Gasteiger partial charge >= 0.3 is 0 Å². The van der Waals surface area contributed by atoms with Crippen LogP contribution in [-0.2, 0) is 0 Å². The molecule has 2 rings (SSSR count). The molecule has 106 valence electrons. The van der Waals surface area contributed by atoms with Crippen molar-refractivity contribution in [3.8, 4) is 5.75 Å². The highest BCUT2D eigenvalue weighted by Crippen LogP contribution is 2.29. The third-order valence-corrected chi connectivity index (χ3v) is 3.15. The minimum atomic E-state index is -1.09. The summed E-state index contributed by atoms with van der Waals surface area (Å²) < 4.78 is 46.1. The van der Waals surface area contributed by atoms with E-state index in [1.807, 2.05) is 0 Å². The zero-order valence-electron chi connectivity index (χ0n) is 11.1. The maximum absolute atomic E-state index is 13.9. The van der Waals surface area contributed by atoms with Crippen molar-refractivity contribution < 1.29 is 17.9 Å². The molecule has 0 bridgehead atoms. The van der Waals surface area contributed by atoms with Gasteiger partial charge in [0, 0.05) is 17.7 Å². The summed E-state index contributed by atoms with van der Waals surface area (Å²) in [5, 5.41) is 0. The van der Waals surface area contributed by atoms with Crippen molar-refractivity contribution >= 4 is 0 Å². The van der Waals surface area contributed by atoms with Crippen LogP contribution in [0.2, 0.25) is 0 Å². The van der Waals surface area contributed by atoms with Crippen molar-refractivity contribution in [3.63, 3.8) is 0 Å². The van der Waals surface area contributed by atoms with Gasteiger partial charge in [-0.2, -0.15) is 0 Å². The van der Waals surface area contributed by atoms with Crippen LogP contribution in [-0.4, -0.2) is 7.11 Å². The van der Waals surface area contributed by atoms with E-state index in [0.717, 1.165) is 12.1 Å². The number of hydrogen-bond acceptors (Lipinski definition) is 2. The van der Waals surface area contributed by atoms with Gasteiger partial charge < -0.3 is 10.5 Å². The number of hydrogen-bond donors (Lipinski definition) is 1. The van der Waals surface area contributed by atoms with E-state index in [0.29, 0.717) is 11.1 Å². The van der Waals surface area contributed by atoms with Crippen molar-refractivity contribution in [2.24, 2.45) is 5.73 Å². The molecule has 5 heteroatoms. The summed E-state index contributed by atoms with van der Waals surface area (Å²) in [5.41, 5.74) is 6.27. The minimum Gasteiger partial charge on any atom is -0.497 e. The van der Waals surface area contributed by atoms with E-state index in [-0.39, 0.29) is 11.3 Å². The highest BCUT2D eigenvalue weighted by molar-refractivity contribution is 5.38. The van der Waals surface area contributed by atoms with Gasteiger partial charge in [-0.15, -0.1) is 0 Å². The Bertz CT molecular complexity index is 620. The summed E-state index contributed by atoms with van der Waals surface area (Å²) in [6.45, 7) is 1.60. The van der Waals surface area contributed by atoms with Gasteiger partial charge in [-0.05, 0) is 24.1 Å². The standard InChI is InChI=1S/C15H14F3NO/c1-8-3-4-9(5-11(8)16)15(19)14-12(17)6-10(20-2)7-13(14)18/h3-7,15H,19H2,1-2H3. The maximum atomic E-state index is 13.9. The molecule has 0 saturated heterocycles. The molecule has 20 heavy (non-hydrogen) atoms. The molecule has 2 N–H and O–H groups in total. The lowest BCUT2D eigenvalue weighted by Crippen LogP contribution is -2.16. The van der Waals surface area contributed by atoms with Crippen LogP contribution in [0.4, 0.5) is 13.2 Å². The van der Waals surface area contributed by atoms with Gasteiger partial charge in [-0.25, -0.2) is 13.2 Å². The summed E-state index contributed by atoms with van der Waals surface area (Å²) in [4.78, 5) is 0. The van der Waals surface area contributed by atoms with Crippen LogP contribution in [0, 0.1) is 24.4 Å². The number of halogens is 3. The number of rotatable bonds is 3. The average Bonchev–Trinajstić information content (AvgIpc) is 2.40. The lowest BCUT2D eigenvalue weighted by molar-refractivity contribution is 0.404. The molecular formula is C15H14F3NO. The van der Waals surface area contributed by atoms with Crippen LogP contribution in [0.15, 0.2) is 30.3 Å². The zero-order chi connectivity index (χ0) is 14.9. The van der Waals surface area contributed by atoms with Crippen LogP contribution in [0.1, 0.15) is 22.7 Å². The fourth-order valence-corrected chi connectivity index (χ4v) is 1.95. The lowest BCUT2D eigenvalue weighted by atomic mass is 9.97. The quantitative estimate of drug-likeness (QED) is 0.935. The first-order valence-corrected chi connectivity index (χ1v) is 5.98. The van der Waals surface area contributed by atoms with E-state index in [2.05, 4.69) is 0 Å². The smallest absolute Gasteiger partial charge is 0.134 e. The topological polar surface area (TPSA) is 35.2 Å². The van der Waals surface area contributed by atoms with Crippen molar-refractivity contribution in [2.45, 2.75) is 13.0 Å². The Morgan fingerprint density at radius 2 is 1.60 bits per heavy atom. The number of nitrogens with two attached hydrogens (primary N) is 1. The first-order valence-electron chi connectivity index (χ1n) is 5.98. The van der Waals surface area contributed by atoms with E-state index in [4.69, 9.17) is 10.5 Å². The van der Waals surface area contributed by atoms with Crippen LogP contribution < -0.4 is 10.5 Å². The highest BCUT2D eigenvalue weighted by atomic mass is 19.1. The Morgan fingerprint density at radius 1 is 1.00 bits per heavy atom. The molecular weight excluding hydrogens is 267 g/mol. The van der Waals surface area contributed by atoms with E-state index in [1.54, 1.807) is 13.0 Å². The van der Waals surface area contributed by atoms with Gasteiger partial charge in [-0.3, -0.25) is 0 Å². The molecule has 1 unspecified atom stereocenters. The number of aryl methyl sites for hydroxylation is 1. The van der Waals surface area contributed by atoms with Gasteiger partial charge in [0.05, 0.1) is 13.2 Å². The van der Waals surface area contributed by atoms with E-state index in [9.17, 15) is 13.2 Å². The molecule has 0 fully saturated rings. The molecule has 2 aromatic carbocycles. The van der Waals surface area contributed by atoms with Crippen LogP contribution in [0.3, 0.4) is 0 Å². The second kappa shape index (κ2) is 5.54. The van der Waals surface area contributed by atoms with E-state index >= 15 is 0 Å². The second-order valence-corrected chi connectivity index (χ2v) is 4.49. The maximum Gasteiger partial charge on any atom is 0.134 e.